The second kappa shape index (κ2) is 5.82. The fourth-order valence-corrected chi connectivity index (χ4v) is 3.88. The summed E-state index contributed by atoms with van der Waals surface area (Å²) in [6.45, 7) is 2.07. The summed E-state index contributed by atoms with van der Waals surface area (Å²) in [6, 6.07) is 7.30. The van der Waals surface area contributed by atoms with Crippen molar-refractivity contribution in [3.63, 3.8) is 0 Å². The third kappa shape index (κ3) is 2.85. The van der Waals surface area contributed by atoms with Crippen molar-refractivity contribution >= 4 is 43.2 Å². The third-order valence-corrected chi connectivity index (χ3v) is 5.54. The van der Waals surface area contributed by atoms with E-state index in [1.807, 2.05) is 19.2 Å². The molecule has 0 spiro atoms. The van der Waals surface area contributed by atoms with Gasteiger partial charge in [0.25, 0.3) is 0 Å². The second-order valence-electron chi connectivity index (χ2n) is 3.95. The largest absolute Gasteiger partial charge is 0.309 e. The molecule has 1 nitrogen and oxygen atoms in total. The van der Waals surface area contributed by atoms with Crippen molar-refractivity contribution in [2.75, 3.05) is 7.05 Å². The molecule has 0 amide bonds. The second-order valence-corrected chi connectivity index (χ2v) is 6.94. The van der Waals surface area contributed by atoms with Crippen molar-refractivity contribution in [2.45, 2.75) is 13.0 Å². The molecule has 1 heterocycles. The van der Waals surface area contributed by atoms with Crippen molar-refractivity contribution in [3.05, 3.63) is 54.3 Å². The van der Waals surface area contributed by atoms with E-state index >= 15 is 0 Å². The maximum atomic E-state index is 13.3. The molecule has 0 aliphatic carbocycles. The molecule has 2 aromatic rings. The summed E-state index contributed by atoms with van der Waals surface area (Å²) in [5, 5.41) is 3.27. The average Bonchev–Trinajstić information content (AvgIpc) is 2.65. The van der Waals surface area contributed by atoms with Crippen LogP contribution in [-0.2, 0) is 0 Å². The highest BCUT2D eigenvalue weighted by Gasteiger charge is 2.16. The van der Waals surface area contributed by atoms with E-state index in [9.17, 15) is 4.39 Å². The quantitative estimate of drug-likeness (QED) is 0.772. The van der Waals surface area contributed by atoms with Crippen molar-refractivity contribution in [2.24, 2.45) is 0 Å². The van der Waals surface area contributed by atoms with Gasteiger partial charge in [-0.05, 0) is 69.6 Å². The van der Waals surface area contributed by atoms with Gasteiger partial charge in [-0.2, -0.15) is 0 Å². The standard InChI is InChI=1S/C13H12Br2FNS/c1-7-9(14)6-12(18-7)13(17-2)8-3-4-11(16)10(15)5-8/h3-6,13,17H,1-2H3. The highest BCUT2D eigenvalue weighted by Crippen LogP contribution is 2.34. The maximum Gasteiger partial charge on any atom is 0.137 e. The van der Waals surface area contributed by atoms with Gasteiger partial charge in [0.2, 0.25) is 0 Å². The number of halogens is 3. The fourth-order valence-electron chi connectivity index (χ4n) is 1.79. The average molecular weight is 393 g/mol. The smallest absolute Gasteiger partial charge is 0.137 e. The molecule has 1 atom stereocenters. The molecule has 1 unspecified atom stereocenters. The summed E-state index contributed by atoms with van der Waals surface area (Å²) in [4.78, 5) is 2.45. The van der Waals surface area contributed by atoms with Gasteiger partial charge in [0.05, 0.1) is 10.5 Å². The number of benzene rings is 1. The van der Waals surface area contributed by atoms with Crippen LogP contribution in [0.1, 0.15) is 21.4 Å². The van der Waals surface area contributed by atoms with Crippen LogP contribution in [0.2, 0.25) is 0 Å². The minimum Gasteiger partial charge on any atom is -0.309 e. The van der Waals surface area contributed by atoms with Crippen LogP contribution >= 0.6 is 43.2 Å². The van der Waals surface area contributed by atoms with Crippen LogP contribution in [0, 0.1) is 12.7 Å². The highest BCUT2D eigenvalue weighted by atomic mass is 79.9. The van der Waals surface area contributed by atoms with Crippen LogP contribution < -0.4 is 5.32 Å². The van der Waals surface area contributed by atoms with Gasteiger partial charge in [-0.1, -0.05) is 6.07 Å². The Morgan fingerprint density at radius 2 is 1.94 bits per heavy atom. The maximum absolute atomic E-state index is 13.3. The normalized spacial score (nSPS) is 12.7. The lowest BCUT2D eigenvalue weighted by Gasteiger charge is -2.15. The van der Waals surface area contributed by atoms with Crippen LogP contribution in [0.4, 0.5) is 4.39 Å². The number of hydrogen-bond acceptors (Lipinski definition) is 2. The van der Waals surface area contributed by atoms with Gasteiger partial charge in [0.1, 0.15) is 5.82 Å². The summed E-state index contributed by atoms with van der Waals surface area (Å²) in [6.07, 6.45) is 0. The van der Waals surface area contributed by atoms with Gasteiger partial charge < -0.3 is 5.32 Å². The molecule has 0 saturated heterocycles. The molecule has 2 rings (SSSR count). The van der Waals surface area contributed by atoms with Crippen LogP contribution in [0.25, 0.3) is 0 Å². The molecule has 0 saturated carbocycles. The SMILES string of the molecule is CNC(c1ccc(F)c(Br)c1)c1cc(Br)c(C)s1. The minimum atomic E-state index is -0.239. The van der Waals surface area contributed by atoms with Crippen molar-refractivity contribution in [1.29, 1.82) is 0 Å². The predicted molar refractivity (Wildman–Crippen MR) is 81.8 cm³/mol. The van der Waals surface area contributed by atoms with Crippen LogP contribution in [-0.4, -0.2) is 7.05 Å². The van der Waals surface area contributed by atoms with E-state index in [1.165, 1.54) is 15.8 Å². The summed E-state index contributed by atoms with van der Waals surface area (Å²) >= 11 is 8.49. The third-order valence-electron chi connectivity index (χ3n) is 2.73. The van der Waals surface area contributed by atoms with E-state index in [0.29, 0.717) is 4.47 Å². The first-order chi connectivity index (χ1) is 8.52. The molecule has 96 valence electrons. The molecule has 18 heavy (non-hydrogen) atoms. The van der Waals surface area contributed by atoms with Crippen LogP contribution in [0.3, 0.4) is 0 Å². The molecule has 1 N–H and O–H groups in total. The van der Waals surface area contributed by atoms with Crippen molar-refractivity contribution in [1.82, 2.24) is 5.32 Å². The summed E-state index contributed by atoms with van der Waals surface area (Å²) in [5.41, 5.74) is 1.04. The Morgan fingerprint density at radius 1 is 1.22 bits per heavy atom. The van der Waals surface area contributed by atoms with Gasteiger partial charge in [-0.15, -0.1) is 11.3 Å². The molecule has 0 aliphatic heterocycles. The molecule has 0 bridgehead atoms. The molecule has 0 radical (unpaired) electrons. The Morgan fingerprint density at radius 3 is 2.44 bits per heavy atom. The molecule has 0 aliphatic rings. The lowest BCUT2D eigenvalue weighted by atomic mass is 10.1. The van der Waals surface area contributed by atoms with E-state index in [-0.39, 0.29) is 11.9 Å². The molecule has 0 fully saturated rings. The number of rotatable bonds is 3. The predicted octanol–water partition coefficient (Wildman–Crippen LogP) is 5.03. The lowest BCUT2D eigenvalue weighted by molar-refractivity contribution is 0.617. The van der Waals surface area contributed by atoms with Crippen LogP contribution in [0.5, 0.6) is 0 Å². The Labute approximate surface area is 127 Å². The Bertz CT molecular complexity index is 549. The van der Waals surface area contributed by atoms with Gasteiger partial charge in [0.15, 0.2) is 0 Å². The first-order valence-corrected chi connectivity index (χ1v) is 7.81. The fraction of sp³-hybridized carbons (Fsp3) is 0.231. The first kappa shape index (κ1) is 14.2. The number of aryl methyl sites for hydroxylation is 1. The molecular weight excluding hydrogens is 381 g/mol. The number of hydrogen-bond donors (Lipinski definition) is 1. The zero-order valence-corrected chi connectivity index (χ0v) is 13.9. The highest BCUT2D eigenvalue weighted by molar-refractivity contribution is 9.10. The molecular formula is C13H12Br2FNS. The zero-order chi connectivity index (χ0) is 13.3. The van der Waals surface area contributed by atoms with Gasteiger partial charge in [-0.3, -0.25) is 0 Å². The van der Waals surface area contributed by atoms with Crippen LogP contribution in [0.15, 0.2) is 33.2 Å². The topological polar surface area (TPSA) is 12.0 Å². The Balaban J connectivity index is 2.41. The number of nitrogens with one attached hydrogen (secondary N) is 1. The first-order valence-electron chi connectivity index (χ1n) is 5.41. The van der Waals surface area contributed by atoms with E-state index in [1.54, 1.807) is 11.3 Å². The molecule has 5 heteroatoms. The Hall–Kier alpha value is -0.230. The van der Waals surface area contributed by atoms with Gasteiger partial charge >= 0.3 is 0 Å². The number of thiophene rings is 1. The zero-order valence-electron chi connectivity index (χ0n) is 9.93. The van der Waals surface area contributed by atoms with E-state index in [4.69, 9.17) is 0 Å². The molecule has 1 aromatic carbocycles. The monoisotopic (exact) mass is 391 g/mol. The van der Waals surface area contributed by atoms with E-state index in [2.05, 4.69) is 50.2 Å². The van der Waals surface area contributed by atoms with Crippen molar-refractivity contribution in [3.8, 4) is 0 Å². The van der Waals surface area contributed by atoms with Crippen molar-refractivity contribution < 1.29 is 4.39 Å². The summed E-state index contributed by atoms with van der Waals surface area (Å²) < 4.78 is 14.9. The van der Waals surface area contributed by atoms with Gasteiger partial charge in [0, 0.05) is 14.2 Å². The van der Waals surface area contributed by atoms with E-state index < -0.39 is 0 Å². The molecule has 1 aromatic heterocycles. The summed E-state index contributed by atoms with van der Waals surface area (Å²) in [7, 11) is 1.91. The lowest BCUT2D eigenvalue weighted by Crippen LogP contribution is -2.16. The van der Waals surface area contributed by atoms with E-state index in [0.717, 1.165) is 10.0 Å². The van der Waals surface area contributed by atoms with Gasteiger partial charge in [-0.25, -0.2) is 4.39 Å². The Kier molecular flexibility index (Phi) is 4.59. The summed E-state index contributed by atoms with van der Waals surface area (Å²) in [5.74, 6) is -0.239. The minimum absolute atomic E-state index is 0.0805.